The van der Waals surface area contributed by atoms with Gasteiger partial charge in [0.05, 0.1) is 12.8 Å². The van der Waals surface area contributed by atoms with Crippen LogP contribution < -0.4 is 15.5 Å². The van der Waals surface area contributed by atoms with Crippen LogP contribution in [-0.2, 0) is 0 Å². The van der Waals surface area contributed by atoms with Crippen molar-refractivity contribution < 1.29 is 19.2 Å². The van der Waals surface area contributed by atoms with E-state index >= 15 is 0 Å². The molecule has 112 valence electrons. The summed E-state index contributed by atoms with van der Waals surface area (Å²) in [5.41, 5.74) is 3.59. The molecule has 3 N–H and O–H groups in total. The number of hydroxylamine groups is 1. The smallest absolute Gasteiger partial charge is 0.300 e. The maximum atomic E-state index is 11.4. The monoisotopic (exact) mass is 299 g/mol. The highest BCUT2D eigenvalue weighted by molar-refractivity contribution is 5.96. The van der Waals surface area contributed by atoms with Crippen LogP contribution in [0.4, 0.5) is 11.7 Å². The third-order valence-corrected chi connectivity index (χ3v) is 3.10. The van der Waals surface area contributed by atoms with E-state index in [0.717, 1.165) is 0 Å². The highest BCUT2D eigenvalue weighted by Crippen LogP contribution is 2.28. The van der Waals surface area contributed by atoms with Crippen LogP contribution in [0.25, 0.3) is 11.1 Å². The summed E-state index contributed by atoms with van der Waals surface area (Å²) in [6, 6.07) is 12.3. The van der Waals surface area contributed by atoms with Gasteiger partial charge in [-0.1, -0.05) is 12.1 Å². The minimum atomic E-state index is -0.607. The zero-order valence-electron chi connectivity index (χ0n) is 11.7. The van der Waals surface area contributed by atoms with E-state index in [9.17, 15) is 4.79 Å². The first kappa shape index (κ1) is 13.9. The Balaban J connectivity index is 1.93. The number of hydrogen-bond acceptors (Lipinski definition) is 6. The Hall–Kier alpha value is -3.06. The summed E-state index contributed by atoms with van der Waals surface area (Å²) in [6.45, 7) is 0. The van der Waals surface area contributed by atoms with E-state index in [1.54, 1.807) is 18.7 Å². The zero-order valence-corrected chi connectivity index (χ0v) is 11.7. The van der Waals surface area contributed by atoms with Gasteiger partial charge >= 0.3 is 0 Å². The molecule has 7 nitrogen and oxygen atoms in total. The normalized spacial score (nSPS) is 10.5. The third kappa shape index (κ3) is 2.57. The third-order valence-electron chi connectivity index (χ3n) is 3.10. The van der Waals surface area contributed by atoms with Crippen molar-refractivity contribution in [3.8, 4) is 5.75 Å². The molecule has 1 heterocycles. The van der Waals surface area contributed by atoms with Crippen LogP contribution in [0.3, 0.4) is 0 Å². The molecule has 0 aliphatic rings. The van der Waals surface area contributed by atoms with E-state index in [1.807, 2.05) is 24.3 Å². The molecule has 3 aromatic rings. The van der Waals surface area contributed by atoms with E-state index in [-0.39, 0.29) is 11.6 Å². The molecule has 0 aliphatic carbocycles. The fourth-order valence-electron chi connectivity index (χ4n) is 2.05. The van der Waals surface area contributed by atoms with Gasteiger partial charge in [0, 0.05) is 5.56 Å². The first-order valence-corrected chi connectivity index (χ1v) is 6.46. The molecule has 0 fully saturated rings. The van der Waals surface area contributed by atoms with E-state index in [2.05, 4.69) is 10.3 Å². The van der Waals surface area contributed by atoms with Gasteiger partial charge in [-0.2, -0.15) is 4.98 Å². The van der Waals surface area contributed by atoms with Gasteiger partial charge < -0.3 is 14.5 Å². The minimum Gasteiger partial charge on any atom is -0.495 e. The summed E-state index contributed by atoms with van der Waals surface area (Å²) in [7, 11) is 1.58. The lowest BCUT2D eigenvalue weighted by Gasteiger charge is -2.07. The Kier molecular flexibility index (Phi) is 3.63. The summed E-state index contributed by atoms with van der Waals surface area (Å²) in [5, 5.41) is 11.7. The van der Waals surface area contributed by atoms with Crippen LogP contribution in [0.1, 0.15) is 10.4 Å². The van der Waals surface area contributed by atoms with Crippen LogP contribution in [0.5, 0.6) is 5.75 Å². The van der Waals surface area contributed by atoms with E-state index < -0.39 is 5.91 Å². The van der Waals surface area contributed by atoms with Crippen molar-refractivity contribution in [2.24, 2.45) is 0 Å². The fraction of sp³-hybridized carbons (Fsp3) is 0.0667. The van der Waals surface area contributed by atoms with Crippen molar-refractivity contribution in [2.45, 2.75) is 0 Å². The molecule has 3 rings (SSSR count). The maximum Gasteiger partial charge on any atom is 0.300 e. The molecule has 7 heteroatoms. The van der Waals surface area contributed by atoms with Crippen molar-refractivity contribution in [3.05, 3.63) is 48.0 Å². The van der Waals surface area contributed by atoms with Crippen LogP contribution >= 0.6 is 0 Å². The number of para-hydroxylation sites is 2. The average Bonchev–Trinajstić information content (AvgIpc) is 2.95. The van der Waals surface area contributed by atoms with Crippen LogP contribution in [-0.4, -0.2) is 23.2 Å². The molecule has 22 heavy (non-hydrogen) atoms. The average molecular weight is 299 g/mol. The fourth-order valence-corrected chi connectivity index (χ4v) is 2.05. The number of anilines is 2. The standard InChI is InChI=1S/C15H13N3O4/c1-21-12-5-3-2-4-10(12)16-15-17-11-8-9(14(19)18-20)6-7-13(11)22-15/h2-8,20H,1H3,(H,16,17)(H,18,19). The number of rotatable bonds is 4. The molecule has 0 saturated heterocycles. The second kappa shape index (κ2) is 5.74. The van der Waals surface area contributed by atoms with E-state index in [1.165, 1.54) is 12.1 Å². The number of amides is 1. The number of nitrogens with zero attached hydrogens (tertiary/aromatic N) is 1. The number of hydrogen-bond donors (Lipinski definition) is 3. The van der Waals surface area contributed by atoms with Crippen molar-refractivity contribution in [2.75, 3.05) is 12.4 Å². The second-order valence-electron chi connectivity index (χ2n) is 4.47. The molecule has 0 spiro atoms. The van der Waals surface area contributed by atoms with Gasteiger partial charge in [-0.3, -0.25) is 10.0 Å². The van der Waals surface area contributed by atoms with Gasteiger partial charge in [0.2, 0.25) is 0 Å². The molecule has 0 atom stereocenters. The molecule has 0 unspecified atom stereocenters. The predicted octanol–water partition coefficient (Wildman–Crippen LogP) is 2.70. The van der Waals surface area contributed by atoms with Gasteiger partial charge in [-0.15, -0.1) is 0 Å². The number of nitrogens with one attached hydrogen (secondary N) is 2. The molecule has 0 saturated carbocycles. The van der Waals surface area contributed by atoms with E-state index in [0.29, 0.717) is 22.5 Å². The number of carbonyl (C=O) groups is 1. The number of carbonyl (C=O) groups excluding carboxylic acids is 1. The molecule has 0 aliphatic heterocycles. The van der Waals surface area contributed by atoms with Crippen molar-refractivity contribution >= 4 is 28.7 Å². The number of ether oxygens (including phenoxy) is 1. The molecule has 0 radical (unpaired) electrons. The van der Waals surface area contributed by atoms with Gasteiger partial charge in [-0.25, -0.2) is 5.48 Å². The minimum absolute atomic E-state index is 0.279. The zero-order chi connectivity index (χ0) is 15.5. The number of oxazole rings is 1. The quantitative estimate of drug-likeness (QED) is 0.506. The van der Waals surface area contributed by atoms with Crippen LogP contribution in [0.15, 0.2) is 46.9 Å². The maximum absolute atomic E-state index is 11.4. The number of fused-ring (bicyclic) bond motifs is 1. The second-order valence-corrected chi connectivity index (χ2v) is 4.47. The van der Waals surface area contributed by atoms with Gasteiger partial charge in [0.1, 0.15) is 11.3 Å². The SMILES string of the molecule is COc1ccccc1Nc1nc2cc(C(=O)NO)ccc2o1. The van der Waals surface area contributed by atoms with Gasteiger partial charge in [0.25, 0.3) is 11.9 Å². The van der Waals surface area contributed by atoms with Crippen LogP contribution in [0.2, 0.25) is 0 Å². The summed E-state index contributed by atoms with van der Waals surface area (Å²) in [5.74, 6) is 0.0502. The topological polar surface area (TPSA) is 96.6 Å². The highest BCUT2D eigenvalue weighted by Gasteiger charge is 2.11. The Labute approximate surface area is 125 Å². The highest BCUT2D eigenvalue weighted by atomic mass is 16.5. The summed E-state index contributed by atoms with van der Waals surface area (Å²) in [6.07, 6.45) is 0. The molecule has 1 aromatic heterocycles. The molecule has 0 bridgehead atoms. The van der Waals surface area contributed by atoms with E-state index in [4.69, 9.17) is 14.4 Å². The van der Waals surface area contributed by atoms with Gasteiger partial charge in [-0.05, 0) is 30.3 Å². The van der Waals surface area contributed by atoms with Crippen molar-refractivity contribution in [1.29, 1.82) is 0 Å². The molecule has 2 aromatic carbocycles. The lowest BCUT2D eigenvalue weighted by Crippen LogP contribution is -2.18. The lowest BCUT2D eigenvalue weighted by molar-refractivity contribution is 0.0706. The Morgan fingerprint density at radius 2 is 2.09 bits per heavy atom. The van der Waals surface area contributed by atoms with Crippen molar-refractivity contribution in [1.82, 2.24) is 10.5 Å². The Morgan fingerprint density at radius 1 is 1.27 bits per heavy atom. The number of aromatic nitrogens is 1. The largest absolute Gasteiger partial charge is 0.495 e. The Morgan fingerprint density at radius 3 is 2.86 bits per heavy atom. The van der Waals surface area contributed by atoms with Gasteiger partial charge in [0.15, 0.2) is 5.58 Å². The number of benzene rings is 2. The molecular weight excluding hydrogens is 286 g/mol. The van der Waals surface area contributed by atoms with Crippen LogP contribution in [0, 0.1) is 0 Å². The predicted molar refractivity (Wildman–Crippen MR) is 79.5 cm³/mol. The molecular formula is C15H13N3O4. The summed E-state index contributed by atoms with van der Waals surface area (Å²) < 4.78 is 10.8. The first-order valence-electron chi connectivity index (χ1n) is 6.46. The molecule has 1 amide bonds. The first-order chi connectivity index (χ1) is 10.7. The summed E-state index contributed by atoms with van der Waals surface area (Å²) in [4.78, 5) is 15.7. The number of methoxy groups -OCH3 is 1. The summed E-state index contributed by atoms with van der Waals surface area (Å²) >= 11 is 0. The Bertz CT molecular complexity index is 829. The van der Waals surface area contributed by atoms with Crippen molar-refractivity contribution in [3.63, 3.8) is 0 Å². The lowest BCUT2D eigenvalue weighted by atomic mass is 10.2.